The van der Waals surface area contributed by atoms with Crippen molar-refractivity contribution in [2.24, 2.45) is 0 Å². The Labute approximate surface area is 169 Å². The van der Waals surface area contributed by atoms with Crippen molar-refractivity contribution in [3.05, 3.63) is 72.3 Å². The minimum absolute atomic E-state index is 0.0648. The Morgan fingerprint density at radius 3 is 2.31 bits per heavy atom. The molecule has 0 radical (unpaired) electrons. The molecule has 2 aromatic carbocycles. The van der Waals surface area contributed by atoms with Gasteiger partial charge in [0.15, 0.2) is 0 Å². The lowest BCUT2D eigenvalue weighted by atomic mass is 9.98. The summed E-state index contributed by atoms with van der Waals surface area (Å²) < 4.78 is 11.2. The van der Waals surface area contributed by atoms with Crippen molar-refractivity contribution >= 4 is 12.1 Å². The monoisotopic (exact) mass is 393 g/mol. The molecule has 1 N–H and O–H groups in total. The number of carboxylic acid groups (broad SMARTS) is 1. The molecule has 2 aromatic rings. The van der Waals surface area contributed by atoms with Gasteiger partial charge < -0.3 is 14.6 Å². The lowest BCUT2D eigenvalue weighted by Gasteiger charge is -2.22. The molecule has 1 saturated heterocycles. The van der Waals surface area contributed by atoms with Crippen LogP contribution < -0.4 is 0 Å². The van der Waals surface area contributed by atoms with E-state index in [4.69, 9.17) is 9.47 Å². The standard InChI is InChI=1S/C23H23NO5/c1-2-11-28-15-12-21(22(25)26)24(13-15)23(27)29-14-20-18-9-5-3-7-16(18)17-8-4-6-10-19(17)20/h2-10,15,20-21H,1,11-14H2,(H,25,26)/t15-,21?/m0/s1. The summed E-state index contributed by atoms with van der Waals surface area (Å²) in [6.07, 6.45) is 0.887. The molecule has 0 saturated carbocycles. The SMILES string of the molecule is C=CCO[C@H]1CC(C(=O)O)N(C(=O)OCC2c3ccccc3-c3ccccc32)C1. The summed E-state index contributed by atoms with van der Waals surface area (Å²) >= 11 is 0. The fraction of sp³-hybridized carbons (Fsp3) is 0.304. The van der Waals surface area contributed by atoms with Crippen molar-refractivity contribution in [1.29, 1.82) is 0 Å². The first-order valence-electron chi connectivity index (χ1n) is 9.67. The molecule has 1 heterocycles. The molecule has 1 aliphatic carbocycles. The largest absolute Gasteiger partial charge is 0.480 e. The maximum atomic E-state index is 12.7. The molecular formula is C23H23NO5. The number of rotatable bonds is 6. The molecule has 4 rings (SSSR count). The zero-order chi connectivity index (χ0) is 20.4. The Kier molecular flexibility index (Phi) is 5.36. The summed E-state index contributed by atoms with van der Waals surface area (Å²) in [5, 5.41) is 9.49. The normalized spacial score (nSPS) is 20.2. The number of benzene rings is 2. The highest BCUT2D eigenvalue weighted by atomic mass is 16.6. The summed E-state index contributed by atoms with van der Waals surface area (Å²) in [5.41, 5.74) is 4.52. The minimum atomic E-state index is -1.05. The molecule has 1 unspecified atom stereocenters. The van der Waals surface area contributed by atoms with Crippen LogP contribution in [0.2, 0.25) is 0 Å². The highest BCUT2D eigenvalue weighted by Gasteiger charge is 2.41. The topological polar surface area (TPSA) is 76.1 Å². The molecule has 29 heavy (non-hydrogen) atoms. The first kappa shape index (κ1) is 19.2. The van der Waals surface area contributed by atoms with Gasteiger partial charge in [0.05, 0.1) is 19.3 Å². The number of nitrogens with zero attached hydrogens (tertiary/aromatic N) is 1. The lowest BCUT2D eigenvalue weighted by Crippen LogP contribution is -2.41. The average Bonchev–Trinajstić information content (AvgIpc) is 3.30. The van der Waals surface area contributed by atoms with Gasteiger partial charge in [-0.15, -0.1) is 6.58 Å². The number of likely N-dealkylation sites (tertiary alicyclic amines) is 1. The Balaban J connectivity index is 1.48. The van der Waals surface area contributed by atoms with Crippen LogP contribution >= 0.6 is 0 Å². The second-order valence-electron chi connectivity index (χ2n) is 7.29. The zero-order valence-electron chi connectivity index (χ0n) is 16.0. The van der Waals surface area contributed by atoms with Crippen LogP contribution in [0.4, 0.5) is 4.79 Å². The van der Waals surface area contributed by atoms with E-state index in [1.807, 2.05) is 36.4 Å². The van der Waals surface area contributed by atoms with Crippen LogP contribution in [0.25, 0.3) is 11.1 Å². The van der Waals surface area contributed by atoms with E-state index in [9.17, 15) is 14.7 Å². The van der Waals surface area contributed by atoms with Crippen LogP contribution in [-0.4, -0.2) is 54.0 Å². The highest BCUT2D eigenvalue weighted by Crippen LogP contribution is 2.44. The Morgan fingerprint density at radius 1 is 1.10 bits per heavy atom. The van der Waals surface area contributed by atoms with Gasteiger partial charge in [-0.1, -0.05) is 54.6 Å². The van der Waals surface area contributed by atoms with Crippen molar-refractivity contribution < 1.29 is 24.2 Å². The van der Waals surface area contributed by atoms with Gasteiger partial charge in [-0.3, -0.25) is 4.90 Å². The average molecular weight is 393 g/mol. The van der Waals surface area contributed by atoms with Gasteiger partial charge in [-0.2, -0.15) is 0 Å². The second kappa shape index (κ2) is 8.09. The maximum absolute atomic E-state index is 12.7. The van der Waals surface area contributed by atoms with E-state index in [-0.39, 0.29) is 31.6 Å². The Hall–Kier alpha value is -3.12. The number of carboxylic acids is 1. The van der Waals surface area contributed by atoms with Crippen LogP contribution in [0.15, 0.2) is 61.2 Å². The van der Waals surface area contributed by atoms with Crippen molar-refractivity contribution in [2.75, 3.05) is 19.8 Å². The highest BCUT2D eigenvalue weighted by molar-refractivity contribution is 5.81. The van der Waals surface area contributed by atoms with Gasteiger partial charge >= 0.3 is 12.1 Å². The van der Waals surface area contributed by atoms with Crippen LogP contribution in [0.1, 0.15) is 23.5 Å². The van der Waals surface area contributed by atoms with Crippen molar-refractivity contribution in [3.63, 3.8) is 0 Å². The van der Waals surface area contributed by atoms with Gasteiger partial charge in [0.2, 0.25) is 0 Å². The first-order chi connectivity index (χ1) is 14.1. The molecule has 0 bridgehead atoms. The molecule has 1 amide bonds. The molecule has 2 aliphatic rings. The van der Waals surface area contributed by atoms with Crippen molar-refractivity contribution in [3.8, 4) is 11.1 Å². The van der Waals surface area contributed by atoms with Gasteiger partial charge in [-0.25, -0.2) is 9.59 Å². The number of carbonyl (C=O) groups excluding carboxylic acids is 1. The lowest BCUT2D eigenvalue weighted by molar-refractivity contribution is -0.141. The molecule has 6 nitrogen and oxygen atoms in total. The fourth-order valence-corrected chi connectivity index (χ4v) is 4.24. The number of amides is 1. The summed E-state index contributed by atoms with van der Waals surface area (Å²) in [6, 6.07) is 15.2. The van der Waals surface area contributed by atoms with Crippen LogP contribution in [-0.2, 0) is 14.3 Å². The summed E-state index contributed by atoms with van der Waals surface area (Å²) in [4.78, 5) is 25.6. The minimum Gasteiger partial charge on any atom is -0.480 e. The van der Waals surface area contributed by atoms with E-state index in [0.29, 0.717) is 6.61 Å². The van der Waals surface area contributed by atoms with Gasteiger partial charge in [0, 0.05) is 12.3 Å². The fourth-order valence-electron chi connectivity index (χ4n) is 4.24. The van der Waals surface area contributed by atoms with Crippen molar-refractivity contribution in [1.82, 2.24) is 4.90 Å². The summed E-state index contributed by atoms with van der Waals surface area (Å²) in [7, 11) is 0. The number of hydrogen-bond donors (Lipinski definition) is 1. The third-order valence-electron chi connectivity index (χ3n) is 5.57. The molecule has 1 fully saturated rings. The van der Waals surface area contributed by atoms with E-state index in [2.05, 4.69) is 18.7 Å². The predicted octanol–water partition coefficient (Wildman–Crippen LogP) is 3.67. The molecule has 2 atom stereocenters. The van der Waals surface area contributed by atoms with E-state index >= 15 is 0 Å². The van der Waals surface area contributed by atoms with Crippen LogP contribution in [0.5, 0.6) is 0 Å². The first-order valence-corrected chi connectivity index (χ1v) is 9.67. The number of carbonyl (C=O) groups is 2. The Bertz CT molecular complexity index is 895. The van der Waals surface area contributed by atoms with E-state index in [0.717, 1.165) is 22.3 Å². The Morgan fingerprint density at radius 2 is 1.72 bits per heavy atom. The molecular weight excluding hydrogens is 370 g/mol. The molecule has 150 valence electrons. The molecule has 0 aromatic heterocycles. The maximum Gasteiger partial charge on any atom is 0.410 e. The smallest absolute Gasteiger partial charge is 0.410 e. The predicted molar refractivity (Wildman–Crippen MR) is 108 cm³/mol. The number of ether oxygens (including phenoxy) is 2. The van der Waals surface area contributed by atoms with Crippen molar-refractivity contribution in [2.45, 2.75) is 24.5 Å². The van der Waals surface area contributed by atoms with Gasteiger partial charge in [-0.05, 0) is 22.3 Å². The number of fused-ring (bicyclic) bond motifs is 3. The van der Waals surface area contributed by atoms with Crippen LogP contribution in [0, 0.1) is 0 Å². The quantitative estimate of drug-likeness (QED) is 0.758. The summed E-state index contributed by atoms with van der Waals surface area (Å²) in [5.74, 6) is -1.12. The van der Waals surface area contributed by atoms with Gasteiger partial charge in [0.25, 0.3) is 0 Å². The van der Waals surface area contributed by atoms with E-state index < -0.39 is 18.1 Å². The zero-order valence-corrected chi connectivity index (χ0v) is 16.0. The third-order valence-corrected chi connectivity index (χ3v) is 5.57. The molecule has 0 spiro atoms. The number of aliphatic carboxylic acids is 1. The van der Waals surface area contributed by atoms with E-state index in [1.165, 1.54) is 4.90 Å². The molecule has 6 heteroatoms. The molecule has 1 aliphatic heterocycles. The third kappa shape index (κ3) is 3.63. The summed E-state index contributed by atoms with van der Waals surface area (Å²) in [6.45, 7) is 4.27. The van der Waals surface area contributed by atoms with Gasteiger partial charge in [0.1, 0.15) is 12.6 Å². The number of hydrogen-bond acceptors (Lipinski definition) is 4. The van der Waals surface area contributed by atoms with E-state index in [1.54, 1.807) is 6.08 Å². The van der Waals surface area contributed by atoms with Crippen LogP contribution in [0.3, 0.4) is 0 Å². The second-order valence-corrected chi connectivity index (χ2v) is 7.29.